The number of rotatable bonds is 6. The van der Waals surface area contributed by atoms with Crippen LogP contribution in [0.3, 0.4) is 0 Å². The number of ketones is 1. The summed E-state index contributed by atoms with van der Waals surface area (Å²) in [7, 11) is 0. The number of nitrogens with zero attached hydrogens (tertiary/aromatic N) is 1. The lowest BCUT2D eigenvalue weighted by molar-refractivity contribution is -0.161. The molecule has 2 bridgehead atoms. The van der Waals surface area contributed by atoms with Gasteiger partial charge in [0.25, 0.3) is 0 Å². The summed E-state index contributed by atoms with van der Waals surface area (Å²) < 4.78 is 5.41. The molecule has 4 aliphatic rings. The number of imide groups is 1. The van der Waals surface area contributed by atoms with E-state index in [1.54, 1.807) is 20.8 Å². The normalized spacial score (nSPS) is 24.9. The van der Waals surface area contributed by atoms with Gasteiger partial charge in [-0.2, -0.15) is 0 Å². The molecule has 2 aromatic rings. The first kappa shape index (κ1) is 24.4. The van der Waals surface area contributed by atoms with Gasteiger partial charge in [-0.3, -0.25) is 19.3 Å². The number of amides is 2. The molecular formula is C30H33NO5. The maximum absolute atomic E-state index is 14.0. The number of ether oxygens (including phenoxy) is 1. The molecular weight excluding hydrogens is 454 g/mol. The summed E-state index contributed by atoms with van der Waals surface area (Å²) in [6.07, 6.45) is 0.286. The number of esters is 1. The fourth-order valence-electron chi connectivity index (χ4n) is 6.21. The van der Waals surface area contributed by atoms with Gasteiger partial charge in [-0.15, -0.1) is 0 Å². The van der Waals surface area contributed by atoms with Crippen molar-refractivity contribution in [2.24, 2.45) is 23.2 Å². The molecule has 1 aliphatic heterocycles. The number of carbonyl (C=O) groups excluding carboxylic acids is 4. The summed E-state index contributed by atoms with van der Waals surface area (Å²) in [4.78, 5) is 54.9. The van der Waals surface area contributed by atoms with Crippen molar-refractivity contribution in [2.45, 2.75) is 58.9 Å². The largest absolute Gasteiger partial charge is 0.456 e. The molecule has 6 rings (SSSR count). The van der Waals surface area contributed by atoms with Crippen molar-refractivity contribution in [2.75, 3.05) is 6.61 Å². The maximum atomic E-state index is 14.0. The number of likely N-dealkylation sites (tertiary alicyclic amines) is 1. The van der Waals surface area contributed by atoms with Crippen LogP contribution >= 0.6 is 0 Å². The van der Waals surface area contributed by atoms with Crippen molar-refractivity contribution < 1.29 is 23.9 Å². The zero-order valence-corrected chi connectivity index (χ0v) is 21.5. The van der Waals surface area contributed by atoms with Gasteiger partial charge in [-0.05, 0) is 34.6 Å². The molecule has 3 aliphatic carbocycles. The van der Waals surface area contributed by atoms with Crippen LogP contribution in [0.25, 0.3) is 0 Å². The highest BCUT2D eigenvalue weighted by Gasteiger charge is 2.63. The van der Waals surface area contributed by atoms with E-state index in [2.05, 4.69) is 24.3 Å². The van der Waals surface area contributed by atoms with E-state index in [1.165, 1.54) is 4.90 Å². The molecule has 0 spiro atoms. The Hall–Kier alpha value is -3.28. The Kier molecular flexibility index (Phi) is 5.89. The van der Waals surface area contributed by atoms with Crippen LogP contribution in [0.15, 0.2) is 48.5 Å². The Morgan fingerprint density at radius 1 is 0.833 bits per heavy atom. The molecule has 0 radical (unpaired) electrons. The molecule has 2 aromatic carbocycles. The zero-order chi connectivity index (χ0) is 25.9. The fourth-order valence-corrected chi connectivity index (χ4v) is 6.21. The molecule has 0 aromatic heterocycles. The monoisotopic (exact) mass is 487 g/mol. The van der Waals surface area contributed by atoms with Gasteiger partial charge >= 0.3 is 5.97 Å². The van der Waals surface area contributed by atoms with Crippen molar-refractivity contribution in [1.29, 1.82) is 0 Å². The lowest BCUT2D eigenvalue weighted by Gasteiger charge is -2.45. The van der Waals surface area contributed by atoms with Crippen LogP contribution in [0.2, 0.25) is 0 Å². The summed E-state index contributed by atoms with van der Waals surface area (Å²) in [5.74, 6) is -3.05. The molecule has 188 valence electrons. The first-order valence-electron chi connectivity index (χ1n) is 12.8. The van der Waals surface area contributed by atoms with Gasteiger partial charge in [0.2, 0.25) is 11.8 Å². The Balaban J connectivity index is 1.52. The Morgan fingerprint density at radius 3 is 1.61 bits per heavy atom. The number of hydrogen-bond donors (Lipinski definition) is 0. The summed E-state index contributed by atoms with van der Waals surface area (Å²) in [5, 5.41) is 0. The van der Waals surface area contributed by atoms with E-state index in [4.69, 9.17) is 4.74 Å². The van der Waals surface area contributed by atoms with Gasteiger partial charge in [0, 0.05) is 17.3 Å². The van der Waals surface area contributed by atoms with Gasteiger partial charge in [0.05, 0.1) is 11.8 Å². The molecule has 6 heteroatoms. The van der Waals surface area contributed by atoms with Crippen LogP contribution < -0.4 is 0 Å². The summed E-state index contributed by atoms with van der Waals surface area (Å²) in [5.41, 5.74) is 3.69. The predicted molar refractivity (Wildman–Crippen MR) is 134 cm³/mol. The van der Waals surface area contributed by atoms with E-state index in [9.17, 15) is 19.2 Å². The summed E-state index contributed by atoms with van der Waals surface area (Å²) >= 11 is 0. The second kappa shape index (κ2) is 8.68. The molecule has 2 amide bonds. The lowest BCUT2D eigenvalue weighted by atomic mass is 9.55. The van der Waals surface area contributed by atoms with Crippen LogP contribution in [0, 0.1) is 23.2 Å². The van der Waals surface area contributed by atoms with Crippen LogP contribution in [0.1, 0.15) is 75.1 Å². The van der Waals surface area contributed by atoms with E-state index in [1.807, 2.05) is 38.1 Å². The van der Waals surface area contributed by atoms with Crippen molar-refractivity contribution in [3.63, 3.8) is 0 Å². The van der Waals surface area contributed by atoms with Crippen LogP contribution in [0.4, 0.5) is 0 Å². The summed E-state index contributed by atoms with van der Waals surface area (Å²) in [6, 6.07) is 15.1. The molecule has 3 atom stereocenters. The number of carbonyl (C=O) groups is 4. The fraction of sp³-hybridized carbons (Fsp3) is 0.467. The van der Waals surface area contributed by atoms with Crippen LogP contribution in [-0.4, -0.2) is 41.1 Å². The van der Waals surface area contributed by atoms with Gasteiger partial charge < -0.3 is 4.74 Å². The second-order valence-electron chi connectivity index (χ2n) is 11.7. The van der Waals surface area contributed by atoms with E-state index >= 15 is 0 Å². The standard InChI is InChI=1S/C30H33NO5/c1-16(2)14-21(29(35)36-15-22(32)30(3,4)5)31-27(33)25-23-17-10-6-7-11-18(17)24(26(25)28(31)34)20-13-9-8-12-19(20)23/h6-13,16,21,23-26H,14-15H2,1-5H3/t21-,23?,24?,25-,26+/m0/s1. The molecule has 1 fully saturated rings. The van der Waals surface area contributed by atoms with Crippen molar-refractivity contribution in [1.82, 2.24) is 4.90 Å². The second-order valence-corrected chi connectivity index (χ2v) is 11.7. The van der Waals surface area contributed by atoms with Crippen molar-refractivity contribution in [3.05, 3.63) is 70.8 Å². The highest BCUT2D eigenvalue weighted by Crippen LogP contribution is 2.61. The zero-order valence-electron chi connectivity index (χ0n) is 21.5. The topological polar surface area (TPSA) is 80.8 Å². The molecule has 0 saturated carbocycles. The first-order valence-corrected chi connectivity index (χ1v) is 12.8. The molecule has 1 heterocycles. The third kappa shape index (κ3) is 3.69. The predicted octanol–water partition coefficient (Wildman–Crippen LogP) is 4.45. The van der Waals surface area contributed by atoms with E-state index in [0.29, 0.717) is 0 Å². The number of hydrogen-bond acceptors (Lipinski definition) is 5. The average molecular weight is 488 g/mol. The maximum Gasteiger partial charge on any atom is 0.329 e. The number of benzene rings is 2. The smallest absolute Gasteiger partial charge is 0.329 e. The van der Waals surface area contributed by atoms with Gasteiger partial charge in [0.1, 0.15) is 6.04 Å². The Morgan fingerprint density at radius 2 is 1.25 bits per heavy atom. The van der Waals surface area contributed by atoms with Crippen molar-refractivity contribution >= 4 is 23.6 Å². The van der Waals surface area contributed by atoms with Crippen LogP contribution in [0.5, 0.6) is 0 Å². The summed E-state index contributed by atoms with van der Waals surface area (Å²) in [6.45, 7) is 8.79. The highest BCUT2D eigenvalue weighted by atomic mass is 16.5. The molecule has 1 saturated heterocycles. The van der Waals surface area contributed by atoms with Crippen LogP contribution in [-0.2, 0) is 23.9 Å². The van der Waals surface area contributed by atoms with Gasteiger partial charge in [-0.1, -0.05) is 83.1 Å². The van der Waals surface area contributed by atoms with E-state index in [-0.39, 0.29) is 48.4 Å². The molecule has 0 N–H and O–H groups in total. The molecule has 36 heavy (non-hydrogen) atoms. The third-order valence-corrected chi connectivity index (χ3v) is 7.94. The third-order valence-electron chi connectivity index (χ3n) is 7.94. The average Bonchev–Trinajstić information content (AvgIpc) is 3.10. The lowest BCUT2D eigenvalue weighted by Crippen LogP contribution is -2.47. The minimum Gasteiger partial charge on any atom is -0.456 e. The molecule has 6 nitrogen and oxygen atoms in total. The van der Waals surface area contributed by atoms with E-state index < -0.39 is 29.3 Å². The van der Waals surface area contributed by atoms with Crippen molar-refractivity contribution in [3.8, 4) is 0 Å². The highest BCUT2D eigenvalue weighted by molar-refractivity contribution is 6.10. The first-order chi connectivity index (χ1) is 17.0. The number of Topliss-reactive ketones (excluding diaryl/α,β-unsaturated/α-hetero) is 1. The SMILES string of the molecule is CC(C)C[C@@H](C(=O)OCC(=O)C(C)(C)C)N1C(=O)[C@@H]2C3c4ccccc4C(c4ccccc43)[C@@H]2C1=O. The minimum absolute atomic E-state index is 0.0372. The minimum atomic E-state index is -1.05. The quantitative estimate of drug-likeness (QED) is 0.444. The van der Waals surface area contributed by atoms with Gasteiger partial charge in [0.15, 0.2) is 12.4 Å². The Labute approximate surface area is 212 Å². The van der Waals surface area contributed by atoms with E-state index in [0.717, 1.165) is 22.3 Å². The Bertz CT molecular complexity index is 1140. The molecule has 0 unspecified atom stereocenters. The van der Waals surface area contributed by atoms with Gasteiger partial charge in [-0.25, -0.2) is 4.79 Å².